The van der Waals surface area contributed by atoms with Gasteiger partial charge in [-0.15, -0.1) is 0 Å². The highest BCUT2D eigenvalue weighted by molar-refractivity contribution is 6.32. The zero-order valence-corrected chi connectivity index (χ0v) is 20.1. The average Bonchev–Trinajstić information content (AvgIpc) is 3.39. The van der Waals surface area contributed by atoms with E-state index in [1.165, 1.54) is 0 Å². The van der Waals surface area contributed by atoms with E-state index < -0.39 is 0 Å². The predicted octanol–water partition coefficient (Wildman–Crippen LogP) is 4.21. The Labute approximate surface area is 199 Å². The van der Waals surface area contributed by atoms with Crippen molar-refractivity contribution in [1.29, 1.82) is 0 Å². The summed E-state index contributed by atoms with van der Waals surface area (Å²) in [7, 11) is 0. The van der Waals surface area contributed by atoms with Crippen molar-refractivity contribution in [2.24, 2.45) is 0 Å². The SMILES string of the molecule is CC(C)(C)c1cnc(CN2CCCN(C(=O)c3ccn(COc4ccccc4Cl)n3)CC2)o1. The maximum Gasteiger partial charge on any atom is 0.274 e. The molecule has 1 aromatic carbocycles. The monoisotopic (exact) mass is 471 g/mol. The Bertz CT molecular complexity index is 1090. The average molecular weight is 472 g/mol. The third-order valence-corrected chi connectivity index (χ3v) is 5.89. The van der Waals surface area contributed by atoms with E-state index in [2.05, 4.69) is 35.8 Å². The second-order valence-electron chi connectivity index (χ2n) is 9.23. The van der Waals surface area contributed by atoms with Crippen molar-refractivity contribution in [3.8, 4) is 5.75 Å². The summed E-state index contributed by atoms with van der Waals surface area (Å²) in [4.78, 5) is 21.6. The van der Waals surface area contributed by atoms with Crippen LogP contribution in [-0.4, -0.2) is 56.7 Å². The number of benzene rings is 1. The third-order valence-electron chi connectivity index (χ3n) is 5.58. The maximum atomic E-state index is 13.0. The Hall–Kier alpha value is -2.84. The van der Waals surface area contributed by atoms with Crippen molar-refractivity contribution >= 4 is 17.5 Å². The molecule has 1 aliphatic rings. The first-order chi connectivity index (χ1) is 15.8. The molecule has 8 nitrogen and oxygen atoms in total. The van der Waals surface area contributed by atoms with Crippen LogP contribution in [0.2, 0.25) is 5.02 Å². The van der Waals surface area contributed by atoms with Crippen LogP contribution in [0.1, 0.15) is 49.3 Å². The minimum atomic E-state index is -0.0699. The molecule has 0 saturated carbocycles. The minimum absolute atomic E-state index is 0.0605. The fourth-order valence-corrected chi connectivity index (χ4v) is 3.85. The molecule has 0 bridgehead atoms. The van der Waals surface area contributed by atoms with E-state index in [0.717, 1.165) is 31.2 Å². The van der Waals surface area contributed by atoms with Crippen molar-refractivity contribution in [2.75, 3.05) is 26.2 Å². The zero-order valence-electron chi connectivity index (χ0n) is 19.3. The lowest BCUT2D eigenvalue weighted by Gasteiger charge is -2.20. The van der Waals surface area contributed by atoms with Gasteiger partial charge in [-0.05, 0) is 24.6 Å². The number of carbonyl (C=O) groups excluding carboxylic acids is 1. The van der Waals surface area contributed by atoms with Gasteiger partial charge in [-0.2, -0.15) is 5.10 Å². The molecule has 3 heterocycles. The lowest BCUT2D eigenvalue weighted by molar-refractivity contribution is 0.0752. The topological polar surface area (TPSA) is 76.6 Å². The van der Waals surface area contributed by atoms with E-state index in [-0.39, 0.29) is 18.1 Å². The number of nitrogens with zero attached hydrogens (tertiary/aromatic N) is 5. The van der Waals surface area contributed by atoms with Gasteiger partial charge in [0.2, 0.25) is 5.89 Å². The summed E-state index contributed by atoms with van der Waals surface area (Å²) >= 11 is 6.12. The first kappa shape index (κ1) is 23.3. The predicted molar refractivity (Wildman–Crippen MR) is 125 cm³/mol. The van der Waals surface area contributed by atoms with Gasteiger partial charge in [0.1, 0.15) is 11.5 Å². The van der Waals surface area contributed by atoms with E-state index in [1.807, 2.05) is 23.2 Å². The van der Waals surface area contributed by atoms with Gasteiger partial charge in [0, 0.05) is 37.8 Å². The first-order valence-corrected chi connectivity index (χ1v) is 11.5. The number of rotatable bonds is 6. The number of ether oxygens (including phenoxy) is 1. The number of amides is 1. The van der Waals surface area contributed by atoms with E-state index >= 15 is 0 Å². The maximum absolute atomic E-state index is 13.0. The largest absolute Gasteiger partial charge is 0.470 e. The summed E-state index contributed by atoms with van der Waals surface area (Å²) in [6, 6.07) is 8.98. The number of hydrogen-bond acceptors (Lipinski definition) is 6. The minimum Gasteiger partial charge on any atom is -0.470 e. The number of para-hydroxylation sites is 1. The standard InChI is InChI=1S/C24H30ClN5O3/c1-24(2,3)21-15-26-22(33-21)16-28-10-6-11-29(14-13-28)23(31)19-9-12-30(27-19)17-32-20-8-5-4-7-18(20)25/h4-5,7-9,12,15H,6,10-11,13-14,16-17H2,1-3H3. The number of oxazole rings is 1. The quantitative estimate of drug-likeness (QED) is 0.536. The van der Waals surface area contributed by atoms with Gasteiger partial charge in [0.15, 0.2) is 12.4 Å². The van der Waals surface area contributed by atoms with Crippen molar-refractivity contribution < 1.29 is 13.9 Å². The van der Waals surface area contributed by atoms with Crippen molar-refractivity contribution in [3.05, 3.63) is 65.1 Å². The van der Waals surface area contributed by atoms with Crippen LogP contribution in [0.5, 0.6) is 5.75 Å². The van der Waals surface area contributed by atoms with Crippen LogP contribution in [0.4, 0.5) is 0 Å². The fourth-order valence-electron chi connectivity index (χ4n) is 3.66. The molecule has 0 atom stereocenters. The van der Waals surface area contributed by atoms with Crippen molar-refractivity contribution in [3.63, 3.8) is 0 Å². The van der Waals surface area contributed by atoms with Gasteiger partial charge in [-0.25, -0.2) is 9.67 Å². The molecule has 9 heteroatoms. The highest BCUT2D eigenvalue weighted by atomic mass is 35.5. The summed E-state index contributed by atoms with van der Waals surface area (Å²) in [6.45, 7) is 10.1. The van der Waals surface area contributed by atoms with Gasteiger partial charge in [-0.1, -0.05) is 44.5 Å². The zero-order chi connectivity index (χ0) is 23.4. The number of halogens is 1. The molecule has 2 aromatic heterocycles. The summed E-state index contributed by atoms with van der Waals surface area (Å²) in [5.74, 6) is 2.12. The number of aromatic nitrogens is 3. The van der Waals surface area contributed by atoms with Crippen LogP contribution in [0.15, 0.2) is 47.1 Å². The third kappa shape index (κ3) is 5.94. The van der Waals surface area contributed by atoms with Crippen molar-refractivity contribution in [2.45, 2.75) is 45.9 Å². The van der Waals surface area contributed by atoms with Crippen LogP contribution in [0.3, 0.4) is 0 Å². The van der Waals surface area contributed by atoms with E-state index in [4.69, 9.17) is 20.8 Å². The Balaban J connectivity index is 1.30. The molecule has 1 fully saturated rings. The molecular formula is C24H30ClN5O3. The summed E-state index contributed by atoms with van der Waals surface area (Å²) in [6.07, 6.45) is 4.44. The highest BCUT2D eigenvalue weighted by Gasteiger charge is 2.24. The van der Waals surface area contributed by atoms with E-state index in [1.54, 1.807) is 29.1 Å². The lowest BCUT2D eigenvalue weighted by atomic mass is 9.94. The molecule has 0 radical (unpaired) electrons. The second-order valence-corrected chi connectivity index (χ2v) is 9.64. The van der Waals surface area contributed by atoms with Gasteiger partial charge in [0.05, 0.1) is 17.8 Å². The lowest BCUT2D eigenvalue weighted by Crippen LogP contribution is -2.35. The Morgan fingerprint density at radius 3 is 2.73 bits per heavy atom. The van der Waals surface area contributed by atoms with Gasteiger partial charge < -0.3 is 14.1 Å². The molecule has 4 rings (SSSR count). The number of hydrogen-bond donors (Lipinski definition) is 0. The van der Waals surface area contributed by atoms with E-state index in [0.29, 0.717) is 36.1 Å². The molecule has 0 aliphatic carbocycles. The highest BCUT2D eigenvalue weighted by Crippen LogP contribution is 2.24. The molecular weight excluding hydrogens is 442 g/mol. The molecule has 1 amide bonds. The smallest absolute Gasteiger partial charge is 0.274 e. The Kier molecular flexibility index (Phi) is 7.05. The molecule has 1 saturated heterocycles. The second kappa shape index (κ2) is 9.97. The van der Waals surface area contributed by atoms with Crippen molar-refractivity contribution in [1.82, 2.24) is 24.6 Å². The van der Waals surface area contributed by atoms with Crippen LogP contribution in [0.25, 0.3) is 0 Å². The molecule has 0 N–H and O–H groups in total. The Morgan fingerprint density at radius 1 is 1.15 bits per heavy atom. The fraction of sp³-hybridized carbons (Fsp3) is 0.458. The normalized spacial score (nSPS) is 15.5. The molecule has 176 valence electrons. The number of carbonyl (C=O) groups is 1. The van der Waals surface area contributed by atoms with Crippen LogP contribution < -0.4 is 4.74 Å². The Morgan fingerprint density at radius 2 is 1.97 bits per heavy atom. The molecule has 0 spiro atoms. The van der Waals surface area contributed by atoms with E-state index in [9.17, 15) is 4.79 Å². The summed E-state index contributed by atoms with van der Waals surface area (Å²) < 4.78 is 13.2. The molecule has 3 aromatic rings. The van der Waals surface area contributed by atoms with Crippen LogP contribution in [-0.2, 0) is 18.7 Å². The first-order valence-electron chi connectivity index (χ1n) is 11.2. The van der Waals surface area contributed by atoms with Gasteiger partial charge in [-0.3, -0.25) is 9.69 Å². The van der Waals surface area contributed by atoms with Crippen LogP contribution in [0, 0.1) is 0 Å². The molecule has 33 heavy (non-hydrogen) atoms. The molecule has 0 unspecified atom stereocenters. The van der Waals surface area contributed by atoms with Crippen LogP contribution >= 0.6 is 11.6 Å². The van der Waals surface area contributed by atoms with Gasteiger partial charge >= 0.3 is 0 Å². The summed E-state index contributed by atoms with van der Waals surface area (Å²) in [5.41, 5.74) is 0.350. The molecule has 1 aliphatic heterocycles. The van der Waals surface area contributed by atoms with Gasteiger partial charge in [0.25, 0.3) is 5.91 Å². The summed E-state index contributed by atoms with van der Waals surface area (Å²) in [5, 5.41) is 4.93.